The second kappa shape index (κ2) is 7.19. The molecule has 0 saturated heterocycles. The fourth-order valence-corrected chi connectivity index (χ4v) is 1.89. The summed E-state index contributed by atoms with van der Waals surface area (Å²) in [7, 11) is 0. The van der Waals surface area contributed by atoms with Crippen LogP contribution in [0.1, 0.15) is 18.4 Å². The third-order valence-corrected chi connectivity index (χ3v) is 2.97. The second-order valence-corrected chi connectivity index (χ2v) is 4.56. The first-order valence-corrected chi connectivity index (χ1v) is 6.64. The molecule has 0 radical (unpaired) electrons. The summed E-state index contributed by atoms with van der Waals surface area (Å²) >= 11 is 0. The van der Waals surface area contributed by atoms with Gasteiger partial charge in [-0.05, 0) is 30.5 Å². The van der Waals surface area contributed by atoms with Crippen LogP contribution in [0.3, 0.4) is 0 Å². The van der Waals surface area contributed by atoms with Crippen molar-refractivity contribution >= 4 is 11.7 Å². The predicted molar refractivity (Wildman–Crippen MR) is 78.1 cm³/mol. The lowest BCUT2D eigenvalue weighted by Gasteiger charge is -2.04. The molecule has 5 heteroatoms. The van der Waals surface area contributed by atoms with Crippen molar-refractivity contribution in [2.45, 2.75) is 19.3 Å². The molecule has 0 atom stereocenters. The number of nitro benzene ring substituents is 1. The lowest BCUT2D eigenvalue weighted by atomic mass is 10.1. The van der Waals surface area contributed by atoms with Crippen LogP contribution in [0.2, 0.25) is 0 Å². The van der Waals surface area contributed by atoms with Crippen LogP contribution in [0.5, 0.6) is 5.75 Å². The van der Waals surface area contributed by atoms with Gasteiger partial charge in [0.25, 0.3) is 5.69 Å². The molecule has 108 valence electrons. The number of esters is 1. The van der Waals surface area contributed by atoms with E-state index in [0.717, 1.165) is 5.56 Å². The van der Waals surface area contributed by atoms with E-state index >= 15 is 0 Å². The average molecular weight is 285 g/mol. The molecule has 0 fully saturated rings. The molecule has 0 aliphatic carbocycles. The van der Waals surface area contributed by atoms with Crippen LogP contribution in [0.15, 0.2) is 54.6 Å². The van der Waals surface area contributed by atoms with Crippen LogP contribution >= 0.6 is 0 Å². The fourth-order valence-electron chi connectivity index (χ4n) is 1.89. The highest BCUT2D eigenvalue weighted by atomic mass is 16.6. The van der Waals surface area contributed by atoms with Crippen LogP contribution in [0.25, 0.3) is 0 Å². The monoisotopic (exact) mass is 285 g/mol. The van der Waals surface area contributed by atoms with Crippen LogP contribution in [0.4, 0.5) is 5.69 Å². The Bertz CT molecular complexity index is 608. The molecule has 0 heterocycles. The van der Waals surface area contributed by atoms with Crippen molar-refractivity contribution in [1.82, 2.24) is 0 Å². The summed E-state index contributed by atoms with van der Waals surface area (Å²) in [6, 6.07) is 15.3. The van der Waals surface area contributed by atoms with Crippen molar-refractivity contribution in [3.8, 4) is 5.75 Å². The second-order valence-electron chi connectivity index (χ2n) is 4.56. The zero-order valence-corrected chi connectivity index (χ0v) is 11.4. The Hall–Kier alpha value is -2.69. The number of hydrogen-bond donors (Lipinski definition) is 0. The van der Waals surface area contributed by atoms with Crippen LogP contribution in [-0.2, 0) is 11.2 Å². The zero-order valence-electron chi connectivity index (χ0n) is 11.4. The van der Waals surface area contributed by atoms with E-state index in [9.17, 15) is 14.9 Å². The van der Waals surface area contributed by atoms with Gasteiger partial charge in [-0.15, -0.1) is 0 Å². The first-order chi connectivity index (χ1) is 10.1. The van der Waals surface area contributed by atoms with Crippen LogP contribution < -0.4 is 4.74 Å². The van der Waals surface area contributed by atoms with Gasteiger partial charge in [-0.1, -0.05) is 30.3 Å². The normalized spacial score (nSPS) is 10.1. The molecule has 2 rings (SSSR count). The van der Waals surface area contributed by atoms with E-state index in [1.807, 2.05) is 6.07 Å². The molecule has 0 bridgehead atoms. The van der Waals surface area contributed by atoms with Gasteiger partial charge in [0, 0.05) is 18.6 Å². The number of nitro groups is 1. The van der Waals surface area contributed by atoms with E-state index in [-0.39, 0.29) is 11.7 Å². The fraction of sp³-hybridized carbons (Fsp3) is 0.188. The third kappa shape index (κ3) is 4.72. The van der Waals surface area contributed by atoms with Crippen molar-refractivity contribution in [2.75, 3.05) is 0 Å². The molecule has 21 heavy (non-hydrogen) atoms. The molecule has 0 aromatic heterocycles. The Morgan fingerprint density at radius 1 is 1.05 bits per heavy atom. The highest BCUT2D eigenvalue weighted by molar-refractivity contribution is 5.72. The standard InChI is InChI=1S/C16H15NO4/c18-16(21-15-6-2-1-3-7-15)8-4-5-13-9-11-14(12-10-13)17(19)20/h1-3,6-7,9-12H,4-5,8H2. The van der Waals surface area contributed by atoms with Crippen molar-refractivity contribution < 1.29 is 14.5 Å². The summed E-state index contributed by atoms with van der Waals surface area (Å²) in [6.07, 6.45) is 1.64. The van der Waals surface area contributed by atoms with Crippen molar-refractivity contribution in [1.29, 1.82) is 0 Å². The SMILES string of the molecule is O=C(CCCc1ccc([N+](=O)[O-])cc1)Oc1ccccc1. The summed E-state index contributed by atoms with van der Waals surface area (Å²) in [5, 5.41) is 10.5. The van der Waals surface area contributed by atoms with Crippen LogP contribution in [0, 0.1) is 10.1 Å². The summed E-state index contributed by atoms with van der Waals surface area (Å²) in [5.74, 6) is 0.265. The van der Waals surface area contributed by atoms with Gasteiger partial charge in [0.05, 0.1) is 4.92 Å². The number of ether oxygens (including phenoxy) is 1. The van der Waals surface area contributed by atoms with Crippen molar-refractivity contribution in [2.24, 2.45) is 0 Å². The predicted octanol–water partition coefficient (Wildman–Crippen LogP) is 3.52. The minimum absolute atomic E-state index is 0.0715. The van der Waals surface area contributed by atoms with Gasteiger partial charge in [-0.2, -0.15) is 0 Å². The molecule has 0 unspecified atom stereocenters. The first kappa shape index (κ1) is 14.7. The molecule has 2 aromatic rings. The number of nitrogens with zero attached hydrogens (tertiary/aromatic N) is 1. The highest BCUT2D eigenvalue weighted by Gasteiger charge is 2.06. The highest BCUT2D eigenvalue weighted by Crippen LogP contribution is 2.14. The van der Waals surface area contributed by atoms with Crippen molar-refractivity contribution in [3.63, 3.8) is 0 Å². The summed E-state index contributed by atoms with van der Waals surface area (Å²) in [6.45, 7) is 0. The van der Waals surface area contributed by atoms with Gasteiger partial charge < -0.3 is 4.74 Å². The third-order valence-electron chi connectivity index (χ3n) is 2.97. The molecule has 0 spiro atoms. The van der Waals surface area contributed by atoms with Gasteiger partial charge in [0.2, 0.25) is 0 Å². The average Bonchev–Trinajstić information content (AvgIpc) is 2.49. The van der Waals surface area contributed by atoms with Gasteiger partial charge in [0.15, 0.2) is 0 Å². The summed E-state index contributed by atoms with van der Waals surface area (Å²) in [5.41, 5.74) is 1.04. The zero-order chi connectivity index (χ0) is 15.1. The van der Waals surface area contributed by atoms with E-state index in [0.29, 0.717) is 25.0 Å². The summed E-state index contributed by atoms with van der Waals surface area (Å²) < 4.78 is 5.17. The molecule has 0 aliphatic heterocycles. The first-order valence-electron chi connectivity index (χ1n) is 6.64. The number of carbonyl (C=O) groups excluding carboxylic acids is 1. The Labute approximate surface area is 122 Å². The molecule has 0 amide bonds. The molecule has 0 saturated carbocycles. The number of carbonyl (C=O) groups is 1. The quantitative estimate of drug-likeness (QED) is 0.352. The number of benzene rings is 2. The maximum atomic E-state index is 11.6. The number of aryl methyl sites for hydroxylation is 1. The molecule has 0 aliphatic rings. The van der Waals surface area contributed by atoms with Crippen molar-refractivity contribution in [3.05, 3.63) is 70.3 Å². The van der Waals surface area contributed by atoms with E-state index in [2.05, 4.69) is 0 Å². The van der Waals surface area contributed by atoms with Gasteiger partial charge in [0.1, 0.15) is 5.75 Å². The van der Waals surface area contributed by atoms with E-state index < -0.39 is 4.92 Å². The molecular weight excluding hydrogens is 270 g/mol. The van der Waals surface area contributed by atoms with Gasteiger partial charge in [-0.3, -0.25) is 14.9 Å². The van der Waals surface area contributed by atoms with Gasteiger partial charge >= 0.3 is 5.97 Å². The topological polar surface area (TPSA) is 69.4 Å². The largest absolute Gasteiger partial charge is 0.427 e. The van der Waals surface area contributed by atoms with E-state index in [1.54, 1.807) is 36.4 Å². The number of para-hydroxylation sites is 1. The smallest absolute Gasteiger partial charge is 0.311 e. The maximum absolute atomic E-state index is 11.6. The Balaban J connectivity index is 1.76. The summed E-state index contributed by atoms with van der Waals surface area (Å²) in [4.78, 5) is 21.7. The number of hydrogen-bond acceptors (Lipinski definition) is 4. The van der Waals surface area contributed by atoms with Crippen LogP contribution in [-0.4, -0.2) is 10.9 Å². The maximum Gasteiger partial charge on any atom is 0.311 e. The number of non-ortho nitro benzene ring substituents is 1. The Morgan fingerprint density at radius 3 is 2.33 bits per heavy atom. The van der Waals surface area contributed by atoms with Gasteiger partial charge in [-0.25, -0.2) is 0 Å². The lowest BCUT2D eigenvalue weighted by molar-refractivity contribution is -0.384. The Kier molecular flexibility index (Phi) is 5.04. The van der Waals surface area contributed by atoms with E-state index in [4.69, 9.17) is 4.74 Å². The van der Waals surface area contributed by atoms with E-state index in [1.165, 1.54) is 12.1 Å². The number of rotatable bonds is 6. The Morgan fingerprint density at radius 2 is 1.71 bits per heavy atom. The lowest BCUT2D eigenvalue weighted by Crippen LogP contribution is -2.07. The molecule has 0 N–H and O–H groups in total. The molecule has 2 aromatic carbocycles. The minimum atomic E-state index is -0.430. The molecule has 5 nitrogen and oxygen atoms in total. The molecular formula is C16H15NO4. The minimum Gasteiger partial charge on any atom is -0.427 e.